The second kappa shape index (κ2) is 65.9. The lowest BCUT2D eigenvalue weighted by atomic mass is 10.0. The van der Waals surface area contributed by atoms with Crippen LogP contribution in [-0.4, -0.2) is 74.3 Å². The third kappa shape index (κ3) is 66.4. The summed E-state index contributed by atoms with van der Waals surface area (Å²) in [5.41, 5.74) is 0. The van der Waals surface area contributed by atoms with E-state index in [4.69, 9.17) is 13.8 Å². The van der Waals surface area contributed by atoms with E-state index in [1.54, 1.807) is 0 Å². The first kappa shape index (κ1) is 84.0. The lowest BCUT2D eigenvalue weighted by molar-refractivity contribution is -0.870. The molecule has 86 heavy (non-hydrogen) atoms. The first-order chi connectivity index (χ1) is 41.9. The van der Waals surface area contributed by atoms with Crippen LogP contribution in [0, 0.1) is 0 Å². The molecule has 0 aromatic rings. The molecule has 0 aliphatic heterocycles. The number of phosphoric ester groups is 1. The zero-order valence-corrected chi connectivity index (χ0v) is 59.0. The van der Waals surface area contributed by atoms with Gasteiger partial charge in [-0.3, -0.25) is 18.6 Å². The van der Waals surface area contributed by atoms with Gasteiger partial charge in [-0.25, -0.2) is 4.57 Å². The minimum Gasteiger partial charge on any atom is -0.456 e. The van der Waals surface area contributed by atoms with Crippen LogP contribution in [-0.2, 0) is 27.9 Å². The Morgan fingerprint density at radius 3 is 1.08 bits per heavy atom. The van der Waals surface area contributed by atoms with Crippen molar-refractivity contribution in [1.29, 1.82) is 0 Å². The van der Waals surface area contributed by atoms with Crippen molar-refractivity contribution in [3.05, 3.63) is 48.6 Å². The molecule has 3 unspecified atom stereocenters. The van der Waals surface area contributed by atoms with E-state index in [9.17, 15) is 19.0 Å². The van der Waals surface area contributed by atoms with Gasteiger partial charge in [0.15, 0.2) is 0 Å². The first-order valence-electron chi connectivity index (χ1n) is 37.5. The molecule has 0 aromatic heterocycles. The number of allylic oxidation sites excluding steroid dienone is 7. The predicted molar refractivity (Wildman–Crippen MR) is 374 cm³/mol. The summed E-state index contributed by atoms with van der Waals surface area (Å²) in [6.45, 7) is 7.05. The molecule has 0 saturated heterocycles. The van der Waals surface area contributed by atoms with Crippen LogP contribution in [0.2, 0.25) is 0 Å². The maximum absolute atomic E-state index is 13.6. The Morgan fingerprint density at radius 2 is 0.709 bits per heavy atom. The van der Waals surface area contributed by atoms with Crippen molar-refractivity contribution in [2.75, 3.05) is 40.9 Å². The molecule has 0 spiro atoms. The Bertz CT molecular complexity index is 1610. The number of nitrogens with one attached hydrogen (secondary N) is 1. The smallest absolute Gasteiger partial charge is 0.456 e. The molecule has 0 radical (unpaired) electrons. The van der Waals surface area contributed by atoms with Crippen LogP contribution in [0.3, 0.4) is 0 Å². The average Bonchev–Trinajstić information content (AvgIpc) is 3.65. The highest BCUT2D eigenvalue weighted by Gasteiger charge is 2.30. The molecule has 0 aromatic carbocycles. The summed E-state index contributed by atoms with van der Waals surface area (Å²) in [5.74, 6) is -0.485. The van der Waals surface area contributed by atoms with Crippen molar-refractivity contribution in [3.63, 3.8) is 0 Å². The molecule has 0 heterocycles. The number of likely N-dealkylation sites (N-methyl/N-ethyl adjacent to an activating group) is 1. The molecule has 0 saturated carbocycles. The Morgan fingerprint density at radius 1 is 0.407 bits per heavy atom. The third-order valence-corrected chi connectivity index (χ3v) is 18.0. The number of unbranched alkanes of at least 4 members (excludes halogenated alkanes) is 47. The highest BCUT2D eigenvalue weighted by molar-refractivity contribution is 7.47. The molecule has 9 nitrogen and oxygen atoms in total. The van der Waals surface area contributed by atoms with E-state index in [1.165, 1.54) is 270 Å². The Hall–Kier alpha value is -2.03. The number of amides is 1. The minimum atomic E-state index is -4.45. The number of esters is 1. The van der Waals surface area contributed by atoms with E-state index < -0.39 is 20.0 Å². The molecule has 1 amide bonds. The molecule has 0 aliphatic carbocycles. The van der Waals surface area contributed by atoms with Crippen molar-refractivity contribution in [2.24, 2.45) is 0 Å². The number of hydrogen-bond acceptors (Lipinski definition) is 6. The number of hydrogen-bond donors (Lipinski definition) is 2. The van der Waals surface area contributed by atoms with Gasteiger partial charge in [0.1, 0.15) is 19.3 Å². The second-order valence-electron chi connectivity index (χ2n) is 26.8. The van der Waals surface area contributed by atoms with Gasteiger partial charge < -0.3 is 19.4 Å². The molecule has 0 fully saturated rings. The van der Waals surface area contributed by atoms with Crippen molar-refractivity contribution in [2.45, 2.75) is 386 Å². The molecule has 0 bridgehead atoms. The van der Waals surface area contributed by atoms with Crippen molar-refractivity contribution < 1.29 is 37.3 Å². The molecule has 10 heteroatoms. The topological polar surface area (TPSA) is 111 Å². The Kier molecular flexibility index (Phi) is 64.4. The first-order valence-corrected chi connectivity index (χ1v) is 39.0. The van der Waals surface area contributed by atoms with E-state index in [0.29, 0.717) is 23.9 Å². The average molecular weight is 1230 g/mol. The van der Waals surface area contributed by atoms with Crippen molar-refractivity contribution >= 4 is 19.7 Å². The van der Waals surface area contributed by atoms with Crippen LogP contribution in [0.5, 0.6) is 0 Å². The maximum Gasteiger partial charge on any atom is 0.472 e. The summed E-state index contributed by atoms with van der Waals surface area (Å²) in [4.78, 5) is 38.0. The number of quaternary nitrogens is 1. The summed E-state index contributed by atoms with van der Waals surface area (Å²) in [7, 11) is 1.51. The number of rotatable bonds is 69. The SMILES string of the molecule is CCCCC/C=C\C/C=C\C/C=C\CCCCCCCCCCCCCCCCC(=O)OC(/C=C/CCCCCCCCCCCC)C(COP(=O)(O)OCC[N+](C)(C)C)NC(=O)CCCCCCCCCCCCCCCCCCCCCCC. The van der Waals surface area contributed by atoms with Crippen molar-refractivity contribution in [1.82, 2.24) is 5.32 Å². The molecule has 506 valence electrons. The van der Waals surface area contributed by atoms with Gasteiger partial charge in [0.25, 0.3) is 0 Å². The normalized spacial score (nSPS) is 13.7. The second-order valence-corrected chi connectivity index (χ2v) is 28.3. The van der Waals surface area contributed by atoms with Crippen LogP contribution < -0.4 is 5.32 Å². The van der Waals surface area contributed by atoms with Gasteiger partial charge in [0.05, 0.1) is 33.8 Å². The summed E-state index contributed by atoms with van der Waals surface area (Å²) < 4.78 is 30.9. The highest BCUT2D eigenvalue weighted by Crippen LogP contribution is 2.43. The van der Waals surface area contributed by atoms with Crippen molar-refractivity contribution in [3.8, 4) is 0 Å². The van der Waals surface area contributed by atoms with E-state index in [0.717, 1.165) is 70.6 Å². The lowest BCUT2D eigenvalue weighted by Gasteiger charge is -2.27. The number of nitrogens with zero attached hydrogens (tertiary/aromatic N) is 1. The molecule has 2 N–H and O–H groups in total. The molecular formula is C76H146N2O7P+. The fraction of sp³-hybridized carbons (Fsp3) is 0.868. The molecular weight excluding hydrogens is 1080 g/mol. The molecule has 3 atom stereocenters. The minimum absolute atomic E-state index is 0.0427. The van der Waals surface area contributed by atoms with Crippen LogP contribution in [0.4, 0.5) is 0 Å². The third-order valence-electron chi connectivity index (χ3n) is 17.0. The fourth-order valence-corrected chi connectivity index (χ4v) is 12.0. The van der Waals surface area contributed by atoms with Crippen LogP contribution in [0.15, 0.2) is 48.6 Å². The summed E-state index contributed by atoms with van der Waals surface area (Å²) >= 11 is 0. The van der Waals surface area contributed by atoms with Gasteiger partial charge in [-0.15, -0.1) is 0 Å². The number of carbonyl (C=O) groups excluding carboxylic acids is 2. The van der Waals surface area contributed by atoms with Gasteiger partial charge >= 0.3 is 13.8 Å². The number of ether oxygens (including phenoxy) is 1. The van der Waals surface area contributed by atoms with E-state index in [1.807, 2.05) is 27.2 Å². The zero-order valence-electron chi connectivity index (χ0n) is 58.1. The zero-order chi connectivity index (χ0) is 62.8. The quantitative estimate of drug-likeness (QED) is 0.0205. The predicted octanol–water partition coefficient (Wildman–Crippen LogP) is 24.0. The van der Waals surface area contributed by atoms with Gasteiger partial charge in [0, 0.05) is 12.8 Å². The fourth-order valence-electron chi connectivity index (χ4n) is 11.2. The van der Waals surface area contributed by atoms with Gasteiger partial charge in [0.2, 0.25) is 5.91 Å². The maximum atomic E-state index is 13.6. The molecule has 0 rings (SSSR count). The van der Waals surface area contributed by atoms with E-state index in [2.05, 4.69) is 68.6 Å². The highest BCUT2D eigenvalue weighted by atomic mass is 31.2. The Balaban J connectivity index is 4.97. The summed E-state index contributed by atoms with van der Waals surface area (Å²) in [6, 6.07) is -0.846. The van der Waals surface area contributed by atoms with Gasteiger partial charge in [-0.1, -0.05) is 339 Å². The Labute approximate surface area is 535 Å². The monoisotopic (exact) mass is 1230 g/mol. The van der Waals surface area contributed by atoms with E-state index in [-0.39, 0.29) is 25.1 Å². The van der Waals surface area contributed by atoms with Crippen LogP contribution >= 0.6 is 7.82 Å². The van der Waals surface area contributed by atoms with E-state index >= 15 is 0 Å². The van der Waals surface area contributed by atoms with Crippen LogP contribution in [0.1, 0.15) is 374 Å². The molecule has 0 aliphatic rings. The summed E-state index contributed by atoms with van der Waals surface area (Å²) in [6.07, 6.45) is 84.2. The number of carbonyl (C=O) groups is 2. The van der Waals surface area contributed by atoms with Gasteiger partial charge in [-0.05, 0) is 70.3 Å². The lowest BCUT2D eigenvalue weighted by Crippen LogP contribution is -2.47. The van der Waals surface area contributed by atoms with Crippen LogP contribution in [0.25, 0.3) is 0 Å². The van der Waals surface area contributed by atoms with Gasteiger partial charge in [-0.2, -0.15) is 0 Å². The standard InChI is InChI=1S/C76H145N2O7P/c1-7-10-13-16-19-22-25-28-30-32-34-36-37-38-39-40-41-43-45-47-49-51-54-57-60-63-66-69-76(80)85-74(67-64-61-58-55-52-27-24-21-18-15-12-9-3)73(72-84-86(81,82)83-71-70-78(4,5)6)77-75(79)68-65-62-59-56-53-50-48-46-44-42-35-33-31-29-26-23-20-17-14-11-8-2/h19,22,28,30,34,36,64,67,73-74H,7-18,20-21,23-27,29,31-33,35,37-63,65-66,68-72H2,1-6H3,(H-,77,79,81,82)/p+1/b22-19-,30-28-,36-34-,67-64+. The largest absolute Gasteiger partial charge is 0.472 e. The number of phosphoric acid groups is 1. The summed E-state index contributed by atoms with van der Waals surface area (Å²) in [5, 5.41) is 3.08.